The normalized spacial score (nSPS) is 19.8. The van der Waals surface area contributed by atoms with Gasteiger partial charge in [-0.3, -0.25) is 10.1 Å². The van der Waals surface area contributed by atoms with E-state index in [2.05, 4.69) is 10.0 Å². The predicted octanol–water partition coefficient (Wildman–Crippen LogP) is 3.22. The first kappa shape index (κ1) is 23.3. The monoisotopic (exact) mass is 483 g/mol. The first-order chi connectivity index (χ1) is 15.3. The Hall–Kier alpha value is -1.84. The SMILES string of the molecule is O=C1CN(CCCCCS(=O)(=O)N[C@@H](c2ccc(Cl)c(OCC3CC3)c2)C2CC2)C(=O)N1. The minimum Gasteiger partial charge on any atom is -0.492 e. The molecule has 32 heavy (non-hydrogen) atoms. The molecule has 0 radical (unpaired) electrons. The van der Waals surface area contributed by atoms with E-state index in [1.54, 1.807) is 6.07 Å². The summed E-state index contributed by atoms with van der Waals surface area (Å²) in [7, 11) is -3.46. The molecule has 10 heteroatoms. The van der Waals surface area contributed by atoms with Gasteiger partial charge in [-0.25, -0.2) is 17.9 Å². The number of imide groups is 1. The molecule has 0 spiro atoms. The zero-order valence-corrected chi connectivity index (χ0v) is 19.6. The Morgan fingerprint density at radius 2 is 1.94 bits per heavy atom. The molecule has 1 aromatic carbocycles. The molecule has 176 valence electrons. The van der Waals surface area contributed by atoms with Gasteiger partial charge in [-0.15, -0.1) is 0 Å². The van der Waals surface area contributed by atoms with E-state index in [0.29, 0.717) is 49.1 Å². The second kappa shape index (κ2) is 9.97. The summed E-state index contributed by atoms with van der Waals surface area (Å²) in [6.07, 6.45) is 6.16. The van der Waals surface area contributed by atoms with Crippen LogP contribution in [0.5, 0.6) is 5.75 Å². The standard InChI is InChI=1S/C22H30ClN3O5S/c23-18-9-8-17(12-19(18)31-14-15-4-5-15)21(16-6-7-16)25-32(29,30)11-3-1-2-10-26-13-20(27)24-22(26)28/h8-9,12,15-16,21,25H,1-7,10-11,13-14H2,(H,24,27,28)/t21-/m1/s1. The van der Waals surface area contributed by atoms with E-state index in [4.69, 9.17) is 16.3 Å². The van der Waals surface area contributed by atoms with Crippen LogP contribution in [-0.4, -0.2) is 50.7 Å². The molecular formula is C22H30ClN3O5S. The van der Waals surface area contributed by atoms with Gasteiger partial charge in [-0.05, 0) is 68.1 Å². The highest BCUT2D eigenvalue weighted by Gasteiger charge is 2.35. The molecule has 1 heterocycles. The fraction of sp³-hybridized carbons (Fsp3) is 0.636. The minimum absolute atomic E-state index is 0.0278. The zero-order chi connectivity index (χ0) is 22.7. The number of amides is 3. The number of carbonyl (C=O) groups excluding carboxylic acids is 2. The summed E-state index contributed by atoms with van der Waals surface area (Å²) in [5, 5.41) is 2.78. The Bertz CT molecular complexity index is 962. The Morgan fingerprint density at radius 3 is 2.59 bits per heavy atom. The lowest BCUT2D eigenvalue weighted by atomic mass is 10.0. The number of halogens is 1. The van der Waals surface area contributed by atoms with Crippen LogP contribution in [0.4, 0.5) is 4.79 Å². The third-order valence-corrected chi connectivity index (χ3v) is 7.85. The maximum absolute atomic E-state index is 12.7. The first-order valence-electron chi connectivity index (χ1n) is 11.3. The Kier molecular flexibility index (Phi) is 7.27. The van der Waals surface area contributed by atoms with Crippen molar-refractivity contribution in [1.29, 1.82) is 0 Å². The van der Waals surface area contributed by atoms with E-state index in [-0.39, 0.29) is 36.2 Å². The van der Waals surface area contributed by atoms with Crippen LogP contribution in [-0.2, 0) is 14.8 Å². The quantitative estimate of drug-likeness (QED) is 0.331. The van der Waals surface area contributed by atoms with Gasteiger partial charge in [0.2, 0.25) is 15.9 Å². The highest BCUT2D eigenvalue weighted by atomic mass is 35.5. The summed E-state index contributed by atoms with van der Waals surface area (Å²) < 4.78 is 34.3. The average Bonchev–Trinajstić information content (AvgIpc) is 3.65. The van der Waals surface area contributed by atoms with Gasteiger partial charge < -0.3 is 9.64 Å². The predicted molar refractivity (Wildman–Crippen MR) is 121 cm³/mol. The van der Waals surface area contributed by atoms with Crippen molar-refractivity contribution in [3.8, 4) is 5.75 Å². The number of hydrogen-bond acceptors (Lipinski definition) is 5. The van der Waals surface area contributed by atoms with Gasteiger partial charge in [-0.1, -0.05) is 24.1 Å². The Labute approximate surface area is 194 Å². The van der Waals surface area contributed by atoms with E-state index < -0.39 is 10.0 Å². The molecule has 8 nitrogen and oxygen atoms in total. The fourth-order valence-corrected chi connectivity index (χ4v) is 5.46. The van der Waals surface area contributed by atoms with Gasteiger partial charge >= 0.3 is 6.03 Å². The highest BCUT2D eigenvalue weighted by Crippen LogP contribution is 2.43. The van der Waals surface area contributed by atoms with Crippen molar-refractivity contribution < 1.29 is 22.7 Å². The largest absolute Gasteiger partial charge is 0.492 e. The van der Waals surface area contributed by atoms with E-state index in [1.807, 2.05) is 12.1 Å². The maximum atomic E-state index is 12.7. The molecule has 3 aliphatic rings. The van der Waals surface area contributed by atoms with Gasteiger partial charge in [0, 0.05) is 12.6 Å². The van der Waals surface area contributed by atoms with Crippen LogP contribution in [0.15, 0.2) is 18.2 Å². The van der Waals surface area contributed by atoms with Crippen molar-refractivity contribution in [1.82, 2.24) is 14.9 Å². The number of urea groups is 1. The van der Waals surface area contributed by atoms with Crippen LogP contribution in [0.1, 0.15) is 56.6 Å². The van der Waals surface area contributed by atoms with Gasteiger partial charge in [0.15, 0.2) is 0 Å². The minimum atomic E-state index is -3.46. The number of sulfonamides is 1. The maximum Gasteiger partial charge on any atom is 0.324 e. The molecule has 3 amide bonds. The lowest BCUT2D eigenvalue weighted by Gasteiger charge is -2.20. The smallest absolute Gasteiger partial charge is 0.324 e. The van der Waals surface area contributed by atoms with Crippen LogP contribution in [0.2, 0.25) is 5.02 Å². The number of unbranched alkanes of at least 4 members (excludes halogenated alkanes) is 2. The molecule has 1 aromatic rings. The second-order valence-corrected chi connectivity index (χ2v) is 11.3. The van der Waals surface area contributed by atoms with Gasteiger partial charge in [0.25, 0.3) is 0 Å². The molecule has 0 unspecified atom stereocenters. The molecule has 0 bridgehead atoms. The van der Waals surface area contributed by atoms with Crippen molar-refractivity contribution in [2.24, 2.45) is 11.8 Å². The van der Waals surface area contributed by atoms with E-state index in [1.165, 1.54) is 17.7 Å². The fourth-order valence-electron chi connectivity index (χ4n) is 3.87. The summed E-state index contributed by atoms with van der Waals surface area (Å²) in [6, 6.07) is 4.88. The lowest BCUT2D eigenvalue weighted by Crippen LogP contribution is -2.32. The van der Waals surface area contributed by atoms with Crippen LogP contribution < -0.4 is 14.8 Å². The second-order valence-electron chi connectivity index (χ2n) is 9.03. The molecule has 2 N–H and O–H groups in total. The van der Waals surface area contributed by atoms with Crippen LogP contribution in [0.3, 0.4) is 0 Å². The summed E-state index contributed by atoms with van der Waals surface area (Å²) >= 11 is 6.28. The first-order valence-corrected chi connectivity index (χ1v) is 13.3. The molecule has 0 aromatic heterocycles. The molecule has 1 aliphatic heterocycles. The summed E-state index contributed by atoms with van der Waals surface area (Å²) in [5.41, 5.74) is 0.885. The number of rotatable bonds is 13. The van der Waals surface area contributed by atoms with E-state index >= 15 is 0 Å². The van der Waals surface area contributed by atoms with Crippen molar-refractivity contribution in [2.75, 3.05) is 25.4 Å². The molecular weight excluding hydrogens is 454 g/mol. The average molecular weight is 484 g/mol. The molecule has 1 saturated heterocycles. The van der Waals surface area contributed by atoms with Crippen molar-refractivity contribution >= 4 is 33.6 Å². The number of hydrogen-bond donors (Lipinski definition) is 2. The molecule has 1 atom stereocenters. The van der Waals surface area contributed by atoms with E-state index in [9.17, 15) is 18.0 Å². The number of nitrogens with zero attached hydrogens (tertiary/aromatic N) is 1. The van der Waals surface area contributed by atoms with Gasteiger partial charge in [0.05, 0.1) is 17.4 Å². The summed E-state index contributed by atoms with van der Waals surface area (Å²) in [4.78, 5) is 24.2. The molecule has 2 saturated carbocycles. The number of nitrogens with one attached hydrogen (secondary N) is 2. The molecule has 4 rings (SSSR count). The topological polar surface area (TPSA) is 105 Å². The van der Waals surface area contributed by atoms with Gasteiger partial charge in [0.1, 0.15) is 12.3 Å². The number of ether oxygens (including phenoxy) is 1. The highest BCUT2D eigenvalue weighted by molar-refractivity contribution is 7.89. The Morgan fingerprint density at radius 1 is 1.16 bits per heavy atom. The number of carbonyl (C=O) groups is 2. The third-order valence-electron chi connectivity index (χ3n) is 6.09. The Balaban J connectivity index is 1.28. The van der Waals surface area contributed by atoms with Crippen molar-refractivity contribution in [3.05, 3.63) is 28.8 Å². The third kappa shape index (κ3) is 6.59. The van der Waals surface area contributed by atoms with Crippen molar-refractivity contribution in [3.63, 3.8) is 0 Å². The summed E-state index contributed by atoms with van der Waals surface area (Å²) in [6.45, 7) is 1.18. The summed E-state index contributed by atoms with van der Waals surface area (Å²) in [5.74, 6) is 1.24. The van der Waals surface area contributed by atoms with Crippen LogP contribution in [0, 0.1) is 11.8 Å². The zero-order valence-electron chi connectivity index (χ0n) is 18.0. The lowest BCUT2D eigenvalue weighted by molar-refractivity contribution is -0.118. The molecule has 3 fully saturated rings. The van der Waals surface area contributed by atoms with E-state index in [0.717, 1.165) is 18.4 Å². The van der Waals surface area contributed by atoms with Crippen LogP contribution >= 0.6 is 11.6 Å². The number of benzene rings is 1. The van der Waals surface area contributed by atoms with Gasteiger partial charge in [-0.2, -0.15) is 0 Å². The molecule has 2 aliphatic carbocycles. The van der Waals surface area contributed by atoms with Crippen molar-refractivity contribution in [2.45, 2.75) is 51.0 Å². The van der Waals surface area contributed by atoms with Crippen LogP contribution in [0.25, 0.3) is 0 Å².